The van der Waals surface area contributed by atoms with Crippen molar-refractivity contribution in [3.8, 4) is 11.4 Å². The highest BCUT2D eigenvalue weighted by Crippen LogP contribution is 2.40. The number of nitrogens with one attached hydrogen (secondary N) is 2. The molecule has 0 aliphatic carbocycles. The molecular weight excluding hydrogens is 486 g/mol. The Hall–Kier alpha value is -4.56. The molecule has 0 atom stereocenters. The number of aromatic amines is 1. The predicted molar refractivity (Wildman–Crippen MR) is 151 cm³/mol. The molecule has 1 saturated heterocycles. The first-order valence-corrected chi connectivity index (χ1v) is 13.5. The summed E-state index contributed by atoms with van der Waals surface area (Å²) in [6.07, 6.45) is 3.41. The average Bonchev–Trinajstić information content (AvgIpc) is 3.65. The van der Waals surface area contributed by atoms with Crippen LogP contribution in [0.15, 0.2) is 84.9 Å². The van der Waals surface area contributed by atoms with Crippen molar-refractivity contribution in [2.45, 2.75) is 31.8 Å². The molecule has 0 saturated carbocycles. The second-order valence-electron chi connectivity index (χ2n) is 10.0. The summed E-state index contributed by atoms with van der Waals surface area (Å²) in [6.45, 7) is 1.89. The summed E-state index contributed by atoms with van der Waals surface area (Å²) in [5, 5.41) is 24.8. The molecule has 1 fully saturated rings. The molecule has 0 unspecified atom stereocenters. The van der Waals surface area contributed by atoms with Gasteiger partial charge in [-0.15, -0.1) is 5.10 Å². The summed E-state index contributed by atoms with van der Waals surface area (Å²) in [7, 11) is 0. The summed E-state index contributed by atoms with van der Waals surface area (Å²) in [6, 6.07) is 29.1. The Bertz CT molecular complexity index is 1720. The Labute approximate surface area is 226 Å². The summed E-state index contributed by atoms with van der Waals surface area (Å²) < 4.78 is 8.78. The molecule has 8 heteroatoms. The number of nitrogens with zero attached hydrogens (tertiary/aromatic N) is 5. The van der Waals surface area contributed by atoms with E-state index in [-0.39, 0.29) is 6.10 Å². The van der Waals surface area contributed by atoms with Gasteiger partial charge in [0.1, 0.15) is 22.8 Å². The van der Waals surface area contributed by atoms with Crippen molar-refractivity contribution in [3.05, 3.63) is 107 Å². The van der Waals surface area contributed by atoms with Gasteiger partial charge in [0.25, 0.3) is 0 Å². The van der Waals surface area contributed by atoms with Gasteiger partial charge in [-0.2, -0.15) is 15.4 Å². The molecule has 8 nitrogen and oxygen atoms in total. The van der Waals surface area contributed by atoms with E-state index < -0.39 is 0 Å². The third-order valence-corrected chi connectivity index (χ3v) is 7.49. The number of benzene rings is 4. The van der Waals surface area contributed by atoms with E-state index in [2.05, 4.69) is 85.6 Å². The molecule has 3 heterocycles. The van der Waals surface area contributed by atoms with Crippen LogP contribution in [-0.2, 0) is 12.8 Å². The second kappa shape index (κ2) is 10.3. The molecule has 39 heavy (non-hydrogen) atoms. The van der Waals surface area contributed by atoms with Crippen LogP contribution in [-0.4, -0.2) is 49.6 Å². The standard InChI is InChI=1S/C31H29N7O/c1-3-9-21(10-4-1)19-24-25(20-22-11-5-2-6-12-22)31(39-23-15-17-32-18-16-23)29-28(34-36-35-29)30(24)38-27-14-8-7-13-26(27)33-37-38/h1-14,23,32H,15-20H2,(H,34,35,36). The van der Waals surface area contributed by atoms with Crippen LogP contribution in [0.1, 0.15) is 35.1 Å². The monoisotopic (exact) mass is 515 g/mol. The lowest BCUT2D eigenvalue weighted by molar-refractivity contribution is 0.163. The second-order valence-corrected chi connectivity index (χ2v) is 10.0. The molecule has 2 aromatic heterocycles. The maximum Gasteiger partial charge on any atom is 0.157 e. The molecule has 0 amide bonds. The minimum absolute atomic E-state index is 0.114. The highest BCUT2D eigenvalue weighted by molar-refractivity contribution is 5.93. The van der Waals surface area contributed by atoms with E-state index in [1.165, 1.54) is 11.1 Å². The summed E-state index contributed by atoms with van der Waals surface area (Å²) in [5.41, 5.74) is 8.74. The first-order valence-electron chi connectivity index (χ1n) is 13.5. The van der Waals surface area contributed by atoms with E-state index in [1.807, 2.05) is 35.0 Å². The van der Waals surface area contributed by atoms with Gasteiger partial charge in [0.2, 0.25) is 0 Å². The summed E-state index contributed by atoms with van der Waals surface area (Å²) >= 11 is 0. The number of rotatable bonds is 7. The van der Waals surface area contributed by atoms with Gasteiger partial charge in [0.15, 0.2) is 11.3 Å². The zero-order chi connectivity index (χ0) is 26.0. The van der Waals surface area contributed by atoms with Crippen LogP contribution in [0.3, 0.4) is 0 Å². The molecule has 4 aromatic carbocycles. The molecule has 0 spiro atoms. The summed E-state index contributed by atoms with van der Waals surface area (Å²) in [5.74, 6) is 0.814. The van der Waals surface area contributed by atoms with Crippen molar-refractivity contribution < 1.29 is 4.74 Å². The van der Waals surface area contributed by atoms with Gasteiger partial charge in [0.05, 0.1) is 5.52 Å². The number of ether oxygens (including phenoxy) is 1. The van der Waals surface area contributed by atoms with Gasteiger partial charge in [-0.1, -0.05) is 78.0 Å². The number of hydrogen-bond acceptors (Lipinski definition) is 6. The van der Waals surface area contributed by atoms with E-state index in [0.717, 1.165) is 70.6 Å². The van der Waals surface area contributed by atoms with Crippen molar-refractivity contribution in [1.82, 2.24) is 35.7 Å². The van der Waals surface area contributed by atoms with E-state index in [9.17, 15) is 0 Å². The molecule has 7 rings (SSSR count). The zero-order valence-corrected chi connectivity index (χ0v) is 21.5. The summed E-state index contributed by atoms with van der Waals surface area (Å²) in [4.78, 5) is 0. The van der Waals surface area contributed by atoms with Gasteiger partial charge >= 0.3 is 0 Å². The van der Waals surface area contributed by atoms with Crippen LogP contribution < -0.4 is 10.1 Å². The van der Waals surface area contributed by atoms with Crippen LogP contribution in [0.2, 0.25) is 0 Å². The maximum atomic E-state index is 6.86. The molecule has 0 radical (unpaired) electrons. The fourth-order valence-corrected chi connectivity index (χ4v) is 5.57. The van der Waals surface area contributed by atoms with Crippen molar-refractivity contribution in [1.29, 1.82) is 0 Å². The minimum Gasteiger partial charge on any atom is -0.488 e. The first-order chi connectivity index (χ1) is 19.3. The van der Waals surface area contributed by atoms with Gasteiger partial charge < -0.3 is 10.1 Å². The Kier molecular flexibility index (Phi) is 6.22. The first kappa shape index (κ1) is 23.5. The molecular formula is C31H29N7O. The Balaban J connectivity index is 1.52. The van der Waals surface area contributed by atoms with Crippen LogP contribution >= 0.6 is 0 Å². The molecule has 2 N–H and O–H groups in total. The number of H-pyrrole nitrogens is 1. The number of aromatic nitrogens is 6. The topological polar surface area (TPSA) is 93.5 Å². The van der Waals surface area contributed by atoms with Crippen molar-refractivity contribution in [3.63, 3.8) is 0 Å². The number of piperidine rings is 1. The smallest absolute Gasteiger partial charge is 0.157 e. The fourth-order valence-electron chi connectivity index (χ4n) is 5.57. The third-order valence-electron chi connectivity index (χ3n) is 7.49. The van der Waals surface area contributed by atoms with Crippen LogP contribution in [0.25, 0.3) is 27.8 Å². The molecule has 0 bridgehead atoms. The van der Waals surface area contributed by atoms with Crippen molar-refractivity contribution >= 4 is 22.1 Å². The van der Waals surface area contributed by atoms with E-state index >= 15 is 0 Å². The van der Waals surface area contributed by atoms with E-state index in [0.29, 0.717) is 12.8 Å². The average molecular weight is 516 g/mol. The molecule has 1 aliphatic rings. The van der Waals surface area contributed by atoms with Crippen molar-refractivity contribution in [2.24, 2.45) is 0 Å². The highest BCUT2D eigenvalue weighted by Gasteiger charge is 2.28. The van der Waals surface area contributed by atoms with Gasteiger partial charge in [-0.05, 0) is 54.8 Å². The Morgan fingerprint density at radius 2 is 1.38 bits per heavy atom. The lowest BCUT2D eigenvalue weighted by atomic mass is 9.91. The fraction of sp³-hybridized carbons (Fsp3) is 0.226. The van der Waals surface area contributed by atoms with E-state index in [4.69, 9.17) is 4.74 Å². The Morgan fingerprint density at radius 3 is 2.13 bits per heavy atom. The molecule has 6 aromatic rings. The largest absolute Gasteiger partial charge is 0.488 e. The van der Waals surface area contributed by atoms with Gasteiger partial charge in [-0.3, -0.25) is 0 Å². The Morgan fingerprint density at radius 1 is 0.744 bits per heavy atom. The minimum atomic E-state index is 0.114. The van der Waals surface area contributed by atoms with Crippen molar-refractivity contribution in [2.75, 3.05) is 13.1 Å². The third kappa shape index (κ3) is 4.53. The van der Waals surface area contributed by atoms with Gasteiger partial charge in [-0.25, -0.2) is 4.68 Å². The normalized spacial score (nSPS) is 14.3. The molecule has 194 valence electrons. The highest BCUT2D eigenvalue weighted by atomic mass is 16.5. The molecule has 1 aliphatic heterocycles. The van der Waals surface area contributed by atoms with Crippen LogP contribution in [0.5, 0.6) is 5.75 Å². The lowest BCUT2D eigenvalue weighted by Crippen LogP contribution is -2.34. The number of fused-ring (bicyclic) bond motifs is 2. The van der Waals surface area contributed by atoms with Crippen LogP contribution in [0, 0.1) is 0 Å². The quantitative estimate of drug-likeness (QED) is 0.311. The van der Waals surface area contributed by atoms with Gasteiger partial charge in [0, 0.05) is 18.4 Å². The number of hydrogen-bond donors (Lipinski definition) is 2. The number of para-hydroxylation sites is 1. The SMILES string of the molecule is c1ccc(Cc2c(Cc3ccccc3)c(-n3nnc4ccccc43)c3n[nH]nc3c2OC2CCNCC2)cc1. The zero-order valence-electron chi connectivity index (χ0n) is 21.5. The van der Waals surface area contributed by atoms with E-state index in [1.54, 1.807) is 0 Å². The maximum absolute atomic E-state index is 6.86. The predicted octanol–water partition coefficient (Wildman–Crippen LogP) is 5.00. The van der Waals surface area contributed by atoms with Crippen LogP contribution in [0.4, 0.5) is 0 Å². The lowest BCUT2D eigenvalue weighted by Gasteiger charge is -2.27.